The van der Waals surface area contributed by atoms with Crippen LogP contribution in [-0.2, 0) is 4.79 Å². The van der Waals surface area contributed by atoms with E-state index in [4.69, 9.17) is 4.74 Å². The van der Waals surface area contributed by atoms with Crippen LogP contribution in [0.25, 0.3) is 0 Å². The van der Waals surface area contributed by atoms with Crippen LogP contribution in [0.1, 0.15) is 16.7 Å². The number of aryl methyl sites for hydroxylation is 1. The van der Waals surface area contributed by atoms with Gasteiger partial charge < -0.3 is 10.1 Å². The van der Waals surface area contributed by atoms with Gasteiger partial charge in [-0.2, -0.15) is 5.10 Å². The number of hydrazone groups is 1. The lowest BCUT2D eigenvalue weighted by molar-refractivity contribution is -0.118. The third kappa shape index (κ3) is 3.30. The van der Waals surface area contributed by atoms with E-state index in [2.05, 4.69) is 40.8 Å². The highest BCUT2D eigenvalue weighted by Crippen LogP contribution is 2.30. The third-order valence-electron chi connectivity index (χ3n) is 4.38. The highest BCUT2D eigenvalue weighted by Gasteiger charge is 2.19. The predicted octanol–water partition coefficient (Wildman–Crippen LogP) is 3.36. The molecule has 6 nitrogen and oxygen atoms in total. The lowest BCUT2D eigenvalue weighted by Crippen LogP contribution is -2.27. The van der Waals surface area contributed by atoms with Crippen LogP contribution in [-0.4, -0.2) is 29.1 Å². The fourth-order valence-corrected chi connectivity index (χ4v) is 3.53. The molecule has 2 aromatic rings. The van der Waals surface area contributed by atoms with Gasteiger partial charge in [-0.25, -0.2) is 4.99 Å². The highest BCUT2D eigenvalue weighted by atomic mass is 32.2. The number of amidine groups is 1. The second-order valence-corrected chi connectivity index (χ2v) is 7.11. The zero-order valence-corrected chi connectivity index (χ0v) is 15.3. The molecule has 26 heavy (non-hydrogen) atoms. The van der Waals surface area contributed by atoms with Gasteiger partial charge in [0.1, 0.15) is 5.75 Å². The maximum Gasteiger partial charge on any atom is 0.262 e. The van der Waals surface area contributed by atoms with E-state index >= 15 is 0 Å². The van der Waals surface area contributed by atoms with Crippen LogP contribution in [0, 0.1) is 13.8 Å². The summed E-state index contributed by atoms with van der Waals surface area (Å²) in [7, 11) is 0. The monoisotopic (exact) mass is 366 g/mol. The number of carbonyl (C=O) groups excluding carboxylic acids is 1. The van der Waals surface area contributed by atoms with Gasteiger partial charge in [0.25, 0.3) is 5.91 Å². The van der Waals surface area contributed by atoms with Gasteiger partial charge in [-0.3, -0.25) is 10.2 Å². The quantitative estimate of drug-likeness (QED) is 0.855. The largest absolute Gasteiger partial charge is 0.482 e. The molecule has 132 valence electrons. The van der Waals surface area contributed by atoms with Crippen molar-refractivity contribution in [2.45, 2.75) is 13.8 Å². The van der Waals surface area contributed by atoms with Crippen molar-refractivity contribution >= 4 is 39.9 Å². The van der Waals surface area contributed by atoms with Crippen molar-refractivity contribution in [3.8, 4) is 5.75 Å². The molecular formula is C19H18N4O2S. The number of hydrogen-bond acceptors (Lipinski definition) is 5. The molecule has 0 radical (unpaired) electrons. The molecule has 4 rings (SSSR count). The first kappa shape index (κ1) is 16.7. The maximum absolute atomic E-state index is 11.5. The van der Waals surface area contributed by atoms with Gasteiger partial charge in [-0.1, -0.05) is 23.9 Å². The second kappa shape index (κ2) is 6.84. The van der Waals surface area contributed by atoms with Gasteiger partial charge in [-0.15, -0.1) is 0 Å². The summed E-state index contributed by atoms with van der Waals surface area (Å²) in [6, 6.07) is 11.8. The smallest absolute Gasteiger partial charge is 0.262 e. The van der Waals surface area contributed by atoms with Crippen LogP contribution < -0.4 is 15.5 Å². The molecule has 0 atom stereocenters. The molecule has 2 aliphatic heterocycles. The summed E-state index contributed by atoms with van der Waals surface area (Å²) in [6.45, 7) is 4.21. The lowest BCUT2D eigenvalue weighted by Gasteiger charge is -2.20. The molecule has 7 heteroatoms. The molecule has 0 fully saturated rings. The minimum absolute atomic E-state index is 0.0584. The number of aliphatic imine (C=N–C) groups is 1. The second-order valence-electron chi connectivity index (χ2n) is 6.14. The average Bonchev–Trinajstić information content (AvgIpc) is 2.65. The van der Waals surface area contributed by atoms with E-state index in [0.717, 1.165) is 22.1 Å². The van der Waals surface area contributed by atoms with E-state index in [1.54, 1.807) is 11.8 Å². The number of ether oxygens (including phenoxy) is 1. The summed E-state index contributed by atoms with van der Waals surface area (Å²) in [5.74, 6) is 1.24. The Balaban J connectivity index is 1.55. The van der Waals surface area contributed by atoms with Crippen molar-refractivity contribution in [2.75, 3.05) is 17.7 Å². The molecule has 0 spiro atoms. The van der Waals surface area contributed by atoms with Gasteiger partial charge in [-0.05, 0) is 49.2 Å². The van der Waals surface area contributed by atoms with E-state index in [0.29, 0.717) is 17.2 Å². The molecule has 0 saturated heterocycles. The number of rotatable bonds is 2. The molecule has 2 aromatic carbocycles. The third-order valence-corrected chi connectivity index (χ3v) is 5.25. The Morgan fingerprint density at radius 1 is 1.23 bits per heavy atom. The van der Waals surface area contributed by atoms with E-state index in [1.165, 1.54) is 11.1 Å². The zero-order valence-electron chi connectivity index (χ0n) is 14.5. The van der Waals surface area contributed by atoms with E-state index in [1.807, 2.05) is 30.3 Å². The SMILES string of the molecule is Cc1cccc(N=C2NN=C(c3ccc4c(c3)NC(=O)CO4)CS2)c1C. The van der Waals surface area contributed by atoms with Crippen LogP contribution in [0.3, 0.4) is 0 Å². The number of carbonyl (C=O) groups is 1. The van der Waals surface area contributed by atoms with Crippen LogP contribution in [0.5, 0.6) is 5.75 Å². The first-order valence-electron chi connectivity index (χ1n) is 8.27. The molecule has 2 heterocycles. The van der Waals surface area contributed by atoms with E-state index < -0.39 is 0 Å². The van der Waals surface area contributed by atoms with Crippen LogP contribution in [0.15, 0.2) is 46.5 Å². The number of thioether (sulfide) groups is 1. The van der Waals surface area contributed by atoms with Crippen molar-refractivity contribution in [2.24, 2.45) is 10.1 Å². The molecule has 0 unspecified atom stereocenters. The standard InChI is InChI=1S/C19H18N4O2S/c1-11-4-3-5-14(12(11)2)21-19-23-22-16(10-26-19)13-6-7-17-15(8-13)20-18(24)9-25-17/h3-8H,9-10H2,1-2H3,(H,20,24)(H,21,23). The summed E-state index contributed by atoms with van der Waals surface area (Å²) < 4.78 is 5.39. The zero-order chi connectivity index (χ0) is 18.1. The number of fused-ring (bicyclic) bond motifs is 1. The Bertz CT molecular complexity index is 953. The number of nitrogens with zero attached hydrogens (tertiary/aromatic N) is 2. The number of benzene rings is 2. The lowest BCUT2D eigenvalue weighted by atomic mass is 10.1. The molecule has 1 amide bonds. The Morgan fingerprint density at radius 2 is 2.12 bits per heavy atom. The molecule has 2 N–H and O–H groups in total. The summed E-state index contributed by atoms with van der Waals surface area (Å²) >= 11 is 1.60. The van der Waals surface area contributed by atoms with Gasteiger partial charge in [0.15, 0.2) is 11.8 Å². The fraction of sp³-hybridized carbons (Fsp3) is 0.211. The topological polar surface area (TPSA) is 75.1 Å². The summed E-state index contributed by atoms with van der Waals surface area (Å²) in [5.41, 5.74) is 8.90. The summed E-state index contributed by atoms with van der Waals surface area (Å²) in [5, 5.41) is 8.06. The molecule has 0 saturated carbocycles. The minimum atomic E-state index is -0.143. The van der Waals surface area contributed by atoms with Crippen LogP contribution >= 0.6 is 11.8 Å². The van der Waals surface area contributed by atoms with Crippen LogP contribution in [0.2, 0.25) is 0 Å². The number of anilines is 1. The molecule has 0 bridgehead atoms. The van der Waals surface area contributed by atoms with Crippen molar-refractivity contribution in [1.29, 1.82) is 0 Å². The maximum atomic E-state index is 11.5. The highest BCUT2D eigenvalue weighted by molar-refractivity contribution is 8.14. The predicted molar refractivity (Wildman–Crippen MR) is 106 cm³/mol. The Labute approximate surface area is 155 Å². The van der Waals surface area contributed by atoms with Crippen molar-refractivity contribution in [3.05, 3.63) is 53.1 Å². The first-order valence-corrected chi connectivity index (χ1v) is 9.26. The first-order chi connectivity index (χ1) is 12.6. The Hall–Kier alpha value is -2.80. The Kier molecular flexibility index (Phi) is 4.38. The molecular weight excluding hydrogens is 348 g/mol. The van der Waals surface area contributed by atoms with Gasteiger partial charge in [0, 0.05) is 11.3 Å². The van der Waals surface area contributed by atoms with E-state index in [9.17, 15) is 4.79 Å². The van der Waals surface area contributed by atoms with Crippen molar-refractivity contribution in [1.82, 2.24) is 5.43 Å². The number of amides is 1. The number of nitrogens with one attached hydrogen (secondary N) is 2. The van der Waals surface area contributed by atoms with Gasteiger partial charge in [0.2, 0.25) is 0 Å². The van der Waals surface area contributed by atoms with Gasteiger partial charge >= 0.3 is 0 Å². The summed E-state index contributed by atoms with van der Waals surface area (Å²) in [6.07, 6.45) is 0. The van der Waals surface area contributed by atoms with Crippen molar-refractivity contribution < 1.29 is 9.53 Å². The molecule has 0 aromatic heterocycles. The van der Waals surface area contributed by atoms with Crippen molar-refractivity contribution in [3.63, 3.8) is 0 Å². The van der Waals surface area contributed by atoms with Gasteiger partial charge in [0.05, 0.1) is 17.1 Å². The van der Waals surface area contributed by atoms with Crippen LogP contribution in [0.4, 0.5) is 11.4 Å². The minimum Gasteiger partial charge on any atom is -0.482 e. The molecule has 0 aliphatic carbocycles. The van der Waals surface area contributed by atoms with E-state index in [-0.39, 0.29) is 12.5 Å². The fourth-order valence-electron chi connectivity index (χ4n) is 2.75. The molecule has 2 aliphatic rings. The average molecular weight is 366 g/mol. The normalized spacial score (nSPS) is 17.7. The number of hydrogen-bond donors (Lipinski definition) is 2. The Morgan fingerprint density at radius 3 is 2.92 bits per heavy atom. The summed E-state index contributed by atoms with van der Waals surface area (Å²) in [4.78, 5) is 16.2.